The van der Waals surface area contributed by atoms with E-state index in [9.17, 15) is 4.79 Å². The lowest BCUT2D eigenvalue weighted by atomic mass is 10.2. The summed E-state index contributed by atoms with van der Waals surface area (Å²) in [5.74, 6) is 0.134. The Hall–Kier alpha value is -2.96. The lowest BCUT2D eigenvalue weighted by molar-refractivity contribution is 0.0633. The summed E-state index contributed by atoms with van der Waals surface area (Å²) >= 11 is 1.54. The summed E-state index contributed by atoms with van der Waals surface area (Å²) < 4.78 is 1.95. The highest BCUT2D eigenvalue weighted by atomic mass is 32.1. The molecule has 1 fully saturated rings. The zero-order valence-corrected chi connectivity index (χ0v) is 17.8. The van der Waals surface area contributed by atoms with Crippen molar-refractivity contribution in [1.29, 1.82) is 0 Å². The molecule has 1 saturated heterocycles. The molecular formula is C24H24N4OS. The van der Waals surface area contributed by atoms with Crippen molar-refractivity contribution >= 4 is 27.5 Å². The number of aromatic nitrogens is 2. The van der Waals surface area contributed by atoms with E-state index in [1.165, 1.54) is 5.56 Å². The molecule has 1 amide bonds. The van der Waals surface area contributed by atoms with Crippen molar-refractivity contribution in [3.05, 3.63) is 82.9 Å². The first-order chi connectivity index (χ1) is 14.7. The first-order valence-corrected chi connectivity index (χ1v) is 11.1. The van der Waals surface area contributed by atoms with Crippen molar-refractivity contribution in [2.45, 2.75) is 13.5 Å². The minimum absolute atomic E-state index is 0.134. The molecule has 5 nitrogen and oxygen atoms in total. The summed E-state index contributed by atoms with van der Waals surface area (Å²) in [5.41, 5.74) is 3.30. The smallest absolute Gasteiger partial charge is 0.264 e. The van der Waals surface area contributed by atoms with Crippen molar-refractivity contribution in [3.8, 4) is 5.69 Å². The van der Waals surface area contributed by atoms with Gasteiger partial charge in [-0.3, -0.25) is 9.69 Å². The van der Waals surface area contributed by atoms with E-state index < -0.39 is 0 Å². The number of rotatable bonds is 4. The van der Waals surface area contributed by atoms with Gasteiger partial charge >= 0.3 is 0 Å². The van der Waals surface area contributed by atoms with Gasteiger partial charge in [-0.05, 0) is 30.7 Å². The molecule has 4 aromatic rings. The minimum atomic E-state index is 0.134. The Morgan fingerprint density at radius 3 is 2.33 bits per heavy atom. The van der Waals surface area contributed by atoms with Gasteiger partial charge in [0.2, 0.25) is 0 Å². The predicted octanol–water partition coefficient (Wildman–Crippen LogP) is 4.35. The number of carbonyl (C=O) groups excluding carboxylic acids is 1. The molecule has 0 atom stereocenters. The van der Waals surface area contributed by atoms with Crippen LogP contribution < -0.4 is 0 Å². The Morgan fingerprint density at radius 2 is 1.63 bits per heavy atom. The molecule has 1 aliphatic heterocycles. The number of thiophene rings is 1. The zero-order valence-electron chi connectivity index (χ0n) is 17.0. The third-order valence-electron chi connectivity index (χ3n) is 5.66. The van der Waals surface area contributed by atoms with E-state index >= 15 is 0 Å². The van der Waals surface area contributed by atoms with Crippen molar-refractivity contribution in [1.82, 2.24) is 19.6 Å². The van der Waals surface area contributed by atoms with Crippen molar-refractivity contribution in [2.24, 2.45) is 0 Å². The van der Waals surface area contributed by atoms with E-state index in [0.717, 1.165) is 59.2 Å². The van der Waals surface area contributed by atoms with Gasteiger partial charge in [-0.1, -0.05) is 48.5 Å². The van der Waals surface area contributed by atoms with Crippen LogP contribution in [0.1, 0.15) is 20.9 Å². The van der Waals surface area contributed by atoms with Crippen LogP contribution >= 0.6 is 11.3 Å². The van der Waals surface area contributed by atoms with Crippen LogP contribution in [0, 0.1) is 6.92 Å². The van der Waals surface area contributed by atoms with Crippen LogP contribution in [0.5, 0.6) is 0 Å². The van der Waals surface area contributed by atoms with Crippen LogP contribution in [0.4, 0.5) is 0 Å². The Bertz CT molecular complexity index is 1160. The Kier molecular flexibility index (Phi) is 5.11. The van der Waals surface area contributed by atoms with Crippen LogP contribution in [0.2, 0.25) is 0 Å². The van der Waals surface area contributed by atoms with Gasteiger partial charge in [-0.2, -0.15) is 5.10 Å². The fourth-order valence-corrected chi connectivity index (χ4v) is 5.15. The number of nitrogens with zero attached hydrogens (tertiary/aromatic N) is 4. The van der Waals surface area contributed by atoms with Gasteiger partial charge in [0.1, 0.15) is 4.83 Å². The topological polar surface area (TPSA) is 41.4 Å². The van der Waals surface area contributed by atoms with Crippen LogP contribution in [0.25, 0.3) is 15.9 Å². The third-order valence-corrected chi connectivity index (χ3v) is 6.76. The van der Waals surface area contributed by atoms with Gasteiger partial charge in [0.05, 0.1) is 16.3 Å². The monoisotopic (exact) mass is 416 g/mol. The van der Waals surface area contributed by atoms with E-state index in [1.807, 2.05) is 59.0 Å². The zero-order chi connectivity index (χ0) is 20.5. The fourth-order valence-electron chi connectivity index (χ4n) is 4.00. The van der Waals surface area contributed by atoms with Crippen LogP contribution in [0.3, 0.4) is 0 Å². The second-order valence-corrected chi connectivity index (χ2v) is 8.75. The second kappa shape index (κ2) is 8.05. The standard InChI is InChI=1S/C24H24N4OS/c1-18-21-16-22(30-24(21)28(25-18)20-10-6-3-7-11-20)23(29)27-14-12-26(13-15-27)17-19-8-4-2-5-9-19/h2-11,16H,12-15,17H2,1H3. The molecule has 30 heavy (non-hydrogen) atoms. The van der Waals surface area contributed by atoms with E-state index in [1.54, 1.807) is 11.3 Å². The summed E-state index contributed by atoms with van der Waals surface area (Å²) in [6.45, 7) is 6.29. The minimum Gasteiger partial charge on any atom is -0.335 e. The van der Waals surface area contributed by atoms with Crippen LogP contribution in [0.15, 0.2) is 66.7 Å². The number of amides is 1. The molecule has 5 rings (SSSR count). The molecule has 0 saturated carbocycles. The molecule has 0 unspecified atom stereocenters. The van der Waals surface area contributed by atoms with E-state index in [2.05, 4.69) is 34.3 Å². The molecule has 1 aliphatic rings. The number of carbonyl (C=O) groups is 1. The number of hydrogen-bond donors (Lipinski definition) is 0. The Balaban J connectivity index is 1.31. The Labute approximate surface area is 180 Å². The summed E-state index contributed by atoms with van der Waals surface area (Å²) in [4.78, 5) is 19.4. The molecule has 6 heteroatoms. The van der Waals surface area contributed by atoms with Crippen molar-refractivity contribution in [3.63, 3.8) is 0 Å². The quantitative estimate of drug-likeness (QED) is 0.497. The lowest BCUT2D eigenvalue weighted by Gasteiger charge is -2.34. The normalized spacial score (nSPS) is 15.0. The molecule has 0 aliphatic carbocycles. The number of benzene rings is 2. The van der Waals surface area contributed by atoms with Crippen molar-refractivity contribution < 1.29 is 4.79 Å². The van der Waals surface area contributed by atoms with E-state index in [-0.39, 0.29) is 5.91 Å². The number of fused-ring (bicyclic) bond motifs is 1. The highest BCUT2D eigenvalue weighted by Gasteiger charge is 2.25. The van der Waals surface area contributed by atoms with Gasteiger partial charge in [-0.15, -0.1) is 11.3 Å². The highest BCUT2D eigenvalue weighted by molar-refractivity contribution is 7.20. The molecule has 0 spiro atoms. The van der Waals surface area contributed by atoms with Gasteiger partial charge < -0.3 is 4.90 Å². The maximum atomic E-state index is 13.2. The summed E-state index contributed by atoms with van der Waals surface area (Å²) in [5, 5.41) is 5.74. The maximum Gasteiger partial charge on any atom is 0.264 e. The molecule has 0 bridgehead atoms. The largest absolute Gasteiger partial charge is 0.335 e. The highest BCUT2D eigenvalue weighted by Crippen LogP contribution is 2.31. The van der Waals surface area contributed by atoms with Gasteiger partial charge in [0, 0.05) is 38.1 Å². The third kappa shape index (κ3) is 3.64. The van der Waals surface area contributed by atoms with E-state index in [4.69, 9.17) is 0 Å². The first kappa shape index (κ1) is 19.0. The van der Waals surface area contributed by atoms with E-state index in [0.29, 0.717) is 0 Å². The van der Waals surface area contributed by atoms with Gasteiger partial charge in [-0.25, -0.2) is 4.68 Å². The van der Waals surface area contributed by atoms with Crippen molar-refractivity contribution in [2.75, 3.05) is 26.2 Å². The summed E-state index contributed by atoms with van der Waals surface area (Å²) in [7, 11) is 0. The SMILES string of the molecule is Cc1nn(-c2ccccc2)c2sc(C(=O)N3CCN(Cc4ccccc4)CC3)cc12. The average Bonchev–Trinajstić information content (AvgIpc) is 3.36. The molecule has 2 aromatic carbocycles. The van der Waals surface area contributed by atoms with Crippen LogP contribution in [-0.4, -0.2) is 51.7 Å². The molecular weight excluding hydrogens is 392 g/mol. The molecule has 152 valence electrons. The summed E-state index contributed by atoms with van der Waals surface area (Å²) in [6, 6.07) is 22.6. The Morgan fingerprint density at radius 1 is 0.967 bits per heavy atom. The number of piperazine rings is 1. The number of hydrogen-bond acceptors (Lipinski definition) is 4. The molecule has 2 aromatic heterocycles. The van der Waals surface area contributed by atoms with Gasteiger partial charge in [0.15, 0.2) is 0 Å². The average molecular weight is 417 g/mol. The molecule has 0 radical (unpaired) electrons. The second-order valence-electron chi connectivity index (χ2n) is 7.72. The number of para-hydroxylation sites is 1. The fraction of sp³-hybridized carbons (Fsp3) is 0.250. The molecule has 0 N–H and O–H groups in total. The first-order valence-electron chi connectivity index (χ1n) is 10.3. The summed E-state index contributed by atoms with van der Waals surface area (Å²) in [6.07, 6.45) is 0. The predicted molar refractivity (Wildman–Crippen MR) is 121 cm³/mol. The number of aryl methyl sites for hydroxylation is 1. The lowest BCUT2D eigenvalue weighted by Crippen LogP contribution is -2.48. The molecule has 3 heterocycles. The van der Waals surface area contributed by atoms with Gasteiger partial charge in [0.25, 0.3) is 5.91 Å². The maximum absolute atomic E-state index is 13.2. The van der Waals surface area contributed by atoms with Crippen LogP contribution in [-0.2, 0) is 6.54 Å².